The van der Waals surface area contributed by atoms with Gasteiger partial charge in [-0.2, -0.15) is 13.1 Å². The molecule has 0 saturated heterocycles. The van der Waals surface area contributed by atoms with Crippen molar-refractivity contribution in [1.29, 1.82) is 0 Å². The van der Waals surface area contributed by atoms with Crippen molar-refractivity contribution in [2.75, 3.05) is 26.0 Å². The summed E-state index contributed by atoms with van der Waals surface area (Å²) in [7, 11) is -0.868. The number of hydrogen-bond donors (Lipinski definition) is 3. The molecular weight excluding hydrogens is 320 g/mol. The summed E-state index contributed by atoms with van der Waals surface area (Å²) in [6, 6.07) is 7.36. The zero-order valence-corrected chi connectivity index (χ0v) is 15.0. The van der Waals surface area contributed by atoms with Gasteiger partial charge < -0.3 is 15.2 Å². The van der Waals surface area contributed by atoms with Crippen LogP contribution in [-0.2, 0) is 19.2 Å². The van der Waals surface area contributed by atoms with Crippen LogP contribution in [0.3, 0.4) is 0 Å². The number of anilines is 1. The second-order valence-corrected chi connectivity index (χ2v) is 7.55. The zero-order chi connectivity index (χ0) is 17.7. The Morgan fingerprint density at radius 3 is 2.35 bits per heavy atom. The minimum atomic E-state index is -3.87. The van der Waals surface area contributed by atoms with Gasteiger partial charge in [0.25, 0.3) is 0 Å². The molecule has 0 aliphatic carbocycles. The van der Waals surface area contributed by atoms with Crippen molar-refractivity contribution < 1.29 is 22.4 Å². The van der Waals surface area contributed by atoms with Crippen LogP contribution in [-0.4, -0.2) is 45.9 Å². The lowest BCUT2D eigenvalue weighted by molar-refractivity contribution is -0.121. The Hall–Kier alpha value is -1.19. The molecule has 0 unspecified atom stereocenters. The standard InChI is InChI=1S/C15H26N2O5S/c1-15(2,3)22-14(11-8-6-7-9-12(11)16-4)13(18)10-21-23(19,20)17-5/h6-9,13-14,16-18H,10H2,1-5H3/t13-,14-/m0/s1. The van der Waals surface area contributed by atoms with E-state index in [1.165, 1.54) is 7.05 Å². The van der Waals surface area contributed by atoms with E-state index in [-0.39, 0.29) is 0 Å². The molecule has 0 amide bonds. The van der Waals surface area contributed by atoms with Crippen LogP contribution in [0, 0.1) is 0 Å². The first-order chi connectivity index (χ1) is 10.6. The molecule has 0 aromatic heterocycles. The average Bonchev–Trinajstić information content (AvgIpc) is 2.49. The van der Waals surface area contributed by atoms with Gasteiger partial charge in [-0.05, 0) is 26.8 Å². The number of benzene rings is 1. The van der Waals surface area contributed by atoms with Crippen molar-refractivity contribution in [2.24, 2.45) is 0 Å². The second-order valence-electron chi connectivity index (χ2n) is 6.00. The lowest BCUT2D eigenvalue weighted by Crippen LogP contribution is -2.35. The predicted octanol–water partition coefficient (Wildman–Crippen LogP) is 1.43. The van der Waals surface area contributed by atoms with E-state index in [2.05, 4.69) is 5.32 Å². The van der Waals surface area contributed by atoms with Crippen LogP contribution in [0.25, 0.3) is 0 Å². The lowest BCUT2D eigenvalue weighted by Gasteiger charge is -2.32. The third-order valence-electron chi connectivity index (χ3n) is 3.01. The molecule has 0 fully saturated rings. The molecule has 1 aromatic rings. The van der Waals surface area contributed by atoms with Crippen molar-refractivity contribution in [1.82, 2.24) is 4.72 Å². The number of hydrogen-bond acceptors (Lipinski definition) is 6. The molecule has 2 atom stereocenters. The van der Waals surface area contributed by atoms with Gasteiger partial charge in [-0.15, -0.1) is 0 Å². The highest BCUT2D eigenvalue weighted by atomic mass is 32.2. The Bertz CT molecular complexity index is 598. The minimum Gasteiger partial charge on any atom is -0.388 e. The van der Waals surface area contributed by atoms with E-state index in [1.807, 2.05) is 49.8 Å². The van der Waals surface area contributed by atoms with Crippen LogP contribution in [0.2, 0.25) is 0 Å². The molecule has 1 rings (SSSR count). The van der Waals surface area contributed by atoms with Crippen molar-refractivity contribution in [3.63, 3.8) is 0 Å². The van der Waals surface area contributed by atoms with Gasteiger partial charge in [0.1, 0.15) is 12.2 Å². The fourth-order valence-corrected chi connectivity index (χ4v) is 2.45. The molecule has 0 radical (unpaired) electrons. The Morgan fingerprint density at radius 2 is 1.83 bits per heavy atom. The maximum atomic E-state index is 11.4. The molecule has 132 valence electrons. The first kappa shape index (κ1) is 19.9. The summed E-state index contributed by atoms with van der Waals surface area (Å²) in [4.78, 5) is 0. The largest absolute Gasteiger partial charge is 0.388 e. The zero-order valence-electron chi connectivity index (χ0n) is 14.2. The summed E-state index contributed by atoms with van der Waals surface area (Å²) in [5.41, 5.74) is 0.981. The molecule has 0 aliphatic heterocycles. The molecule has 8 heteroatoms. The van der Waals surface area contributed by atoms with E-state index in [0.29, 0.717) is 0 Å². The molecule has 0 spiro atoms. The maximum absolute atomic E-state index is 11.4. The SMILES string of the molecule is CNc1ccccc1[C@H](OC(C)(C)C)[C@@H](O)COS(=O)(=O)NC. The van der Waals surface area contributed by atoms with E-state index < -0.39 is 34.7 Å². The smallest absolute Gasteiger partial charge is 0.335 e. The van der Waals surface area contributed by atoms with Gasteiger partial charge in [-0.3, -0.25) is 4.18 Å². The first-order valence-corrected chi connectivity index (χ1v) is 8.71. The molecule has 1 aromatic carbocycles. The van der Waals surface area contributed by atoms with Gasteiger partial charge in [-0.1, -0.05) is 18.2 Å². The van der Waals surface area contributed by atoms with E-state index in [4.69, 9.17) is 8.92 Å². The normalized spacial score (nSPS) is 15.2. The van der Waals surface area contributed by atoms with Crippen molar-refractivity contribution in [3.8, 4) is 0 Å². The molecular formula is C15H26N2O5S. The third kappa shape index (κ3) is 6.44. The number of para-hydroxylation sites is 1. The van der Waals surface area contributed by atoms with Crippen LogP contribution >= 0.6 is 0 Å². The topological polar surface area (TPSA) is 96.9 Å². The fourth-order valence-electron chi connectivity index (χ4n) is 2.01. The Labute approximate surface area is 138 Å². The Morgan fingerprint density at radius 1 is 1.22 bits per heavy atom. The summed E-state index contributed by atoms with van der Waals surface area (Å²) >= 11 is 0. The molecule has 23 heavy (non-hydrogen) atoms. The van der Waals surface area contributed by atoms with Gasteiger partial charge >= 0.3 is 10.3 Å². The highest BCUT2D eigenvalue weighted by Gasteiger charge is 2.30. The minimum absolute atomic E-state index is 0.415. The Kier molecular flexibility index (Phi) is 6.97. The number of aliphatic hydroxyl groups excluding tert-OH is 1. The molecule has 0 heterocycles. The average molecular weight is 346 g/mol. The van der Waals surface area contributed by atoms with Gasteiger partial charge in [0.15, 0.2) is 0 Å². The molecule has 3 N–H and O–H groups in total. The lowest BCUT2D eigenvalue weighted by atomic mass is 10.0. The summed E-state index contributed by atoms with van der Waals surface area (Å²) in [6.45, 7) is 5.17. The number of rotatable bonds is 8. The maximum Gasteiger partial charge on any atom is 0.335 e. The third-order valence-corrected chi connectivity index (χ3v) is 3.96. The highest BCUT2D eigenvalue weighted by Crippen LogP contribution is 2.32. The van der Waals surface area contributed by atoms with E-state index in [1.54, 1.807) is 7.05 Å². The van der Waals surface area contributed by atoms with Crippen LogP contribution in [0.15, 0.2) is 24.3 Å². The van der Waals surface area contributed by atoms with Crippen LogP contribution in [0.1, 0.15) is 32.4 Å². The Balaban J connectivity index is 3.05. The molecule has 0 saturated carbocycles. The van der Waals surface area contributed by atoms with Crippen LogP contribution in [0.5, 0.6) is 0 Å². The molecule has 0 aliphatic rings. The summed E-state index contributed by atoms with van der Waals surface area (Å²) < 4.78 is 35.5. The predicted molar refractivity (Wildman–Crippen MR) is 89.5 cm³/mol. The molecule has 0 bridgehead atoms. The summed E-state index contributed by atoms with van der Waals surface area (Å²) in [5.74, 6) is 0. The van der Waals surface area contributed by atoms with E-state index in [9.17, 15) is 13.5 Å². The van der Waals surface area contributed by atoms with Crippen molar-refractivity contribution in [3.05, 3.63) is 29.8 Å². The highest BCUT2D eigenvalue weighted by molar-refractivity contribution is 7.84. The van der Waals surface area contributed by atoms with Gasteiger partial charge in [0, 0.05) is 25.3 Å². The van der Waals surface area contributed by atoms with E-state index >= 15 is 0 Å². The second kappa shape index (κ2) is 8.07. The van der Waals surface area contributed by atoms with Gasteiger partial charge in [0.2, 0.25) is 0 Å². The number of ether oxygens (including phenoxy) is 1. The number of nitrogens with one attached hydrogen (secondary N) is 2. The van der Waals surface area contributed by atoms with Crippen LogP contribution < -0.4 is 10.0 Å². The van der Waals surface area contributed by atoms with Crippen molar-refractivity contribution >= 4 is 16.0 Å². The van der Waals surface area contributed by atoms with Crippen molar-refractivity contribution in [2.45, 2.75) is 38.6 Å². The fraction of sp³-hybridized carbons (Fsp3) is 0.600. The van der Waals surface area contributed by atoms with Gasteiger partial charge in [0.05, 0.1) is 12.2 Å². The quantitative estimate of drug-likeness (QED) is 0.659. The van der Waals surface area contributed by atoms with Gasteiger partial charge in [-0.25, -0.2) is 0 Å². The summed E-state index contributed by atoms with van der Waals surface area (Å²) in [5, 5.41) is 13.5. The summed E-state index contributed by atoms with van der Waals surface area (Å²) in [6.07, 6.45) is -1.91. The van der Waals surface area contributed by atoms with E-state index in [0.717, 1.165) is 11.3 Å². The first-order valence-electron chi connectivity index (χ1n) is 7.30. The van der Waals surface area contributed by atoms with Crippen LogP contribution in [0.4, 0.5) is 5.69 Å². The monoisotopic (exact) mass is 346 g/mol. The molecule has 7 nitrogen and oxygen atoms in total. The number of aliphatic hydroxyl groups is 1.